The molecular weight excluding hydrogens is 357 g/mol. The number of thiazole rings is 1. The molecule has 130 valence electrons. The number of anilines is 2. The number of urea groups is 1. The van der Waals surface area contributed by atoms with Crippen molar-refractivity contribution in [1.82, 2.24) is 4.98 Å². The molecule has 0 aliphatic carbocycles. The summed E-state index contributed by atoms with van der Waals surface area (Å²) in [4.78, 5) is 43.6. The van der Waals surface area contributed by atoms with Gasteiger partial charge in [0.15, 0.2) is 0 Å². The molecule has 0 unspecified atom stereocenters. The summed E-state index contributed by atoms with van der Waals surface area (Å²) in [5, 5.41) is 0.116. The third-order valence-electron chi connectivity index (χ3n) is 4.01. The number of amides is 4. The smallest absolute Gasteiger partial charge is 0.273 e. The summed E-state index contributed by atoms with van der Waals surface area (Å²) in [6, 6.07) is 10.1. The molecule has 26 heavy (non-hydrogen) atoms. The minimum absolute atomic E-state index is 0.116. The molecule has 0 atom stereocenters. The first-order valence-corrected chi connectivity index (χ1v) is 8.58. The summed E-state index contributed by atoms with van der Waals surface area (Å²) >= 11 is 1.02. The Balaban J connectivity index is 1.76. The summed E-state index contributed by atoms with van der Waals surface area (Å²) < 4.78 is 13.9. The first kappa shape index (κ1) is 16.3. The van der Waals surface area contributed by atoms with Crippen molar-refractivity contribution in [3.63, 3.8) is 0 Å². The zero-order valence-corrected chi connectivity index (χ0v) is 14.4. The number of fused-ring (bicyclic) bond motifs is 1. The first-order valence-electron chi connectivity index (χ1n) is 7.76. The van der Waals surface area contributed by atoms with Gasteiger partial charge in [0, 0.05) is 0 Å². The largest absolute Gasteiger partial charge is 0.344 e. The maximum atomic E-state index is 13.4. The number of carbonyl (C=O) groups excluding carboxylic acids is 3. The molecule has 1 aliphatic heterocycles. The van der Waals surface area contributed by atoms with Crippen LogP contribution in [0.2, 0.25) is 0 Å². The van der Waals surface area contributed by atoms with Crippen LogP contribution in [0.5, 0.6) is 0 Å². The Morgan fingerprint density at radius 2 is 1.69 bits per heavy atom. The molecule has 1 fully saturated rings. The van der Waals surface area contributed by atoms with E-state index in [-0.39, 0.29) is 5.13 Å². The number of benzene rings is 2. The van der Waals surface area contributed by atoms with Crippen LogP contribution in [0, 0.1) is 12.7 Å². The van der Waals surface area contributed by atoms with E-state index >= 15 is 0 Å². The second-order valence-corrected chi connectivity index (χ2v) is 6.87. The molecule has 2 heterocycles. The number of rotatable bonds is 2. The van der Waals surface area contributed by atoms with Gasteiger partial charge in [-0.25, -0.2) is 24.0 Å². The van der Waals surface area contributed by atoms with Crippen LogP contribution in [0.1, 0.15) is 12.0 Å². The number of halogens is 1. The second-order valence-electron chi connectivity index (χ2n) is 5.86. The maximum Gasteiger partial charge on any atom is 0.344 e. The highest BCUT2D eigenvalue weighted by Gasteiger charge is 2.41. The Hall–Kier alpha value is -3.13. The summed E-state index contributed by atoms with van der Waals surface area (Å²) in [6.07, 6.45) is -0.441. The summed E-state index contributed by atoms with van der Waals surface area (Å²) in [5.74, 6) is -1.67. The molecule has 6 nitrogen and oxygen atoms in total. The number of hydrogen-bond acceptors (Lipinski definition) is 5. The van der Waals surface area contributed by atoms with Gasteiger partial charge in [0.05, 0.1) is 15.9 Å². The highest BCUT2D eigenvalue weighted by atomic mass is 32.1. The van der Waals surface area contributed by atoms with E-state index in [0.717, 1.165) is 26.7 Å². The van der Waals surface area contributed by atoms with Crippen molar-refractivity contribution in [3.8, 4) is 0 Å². The van der Waals surface area contributed by atoms with Crippen molar-refractivity contribution in [1.29, 1.82) is 0 Å². The average Bonchev–Trinajstić information content (AvgIpc) is 2.98. The van der Waals surface area contributed by atoms with E-state index in [0.29, 0.717) is 15.9 Å². The van der Waals surface area contributed by atoms with Crippen LogP contribution in [-0.2, 0) is 9.59 Å². The predicted molar refractivity (Wildman–Crippen MR) is 95.7 cm³/mol. The molecule has 0 saturated carbocycles. The van der Waals surface area contributed by atoms with Crippen molar-refractivity contribution >= 4 is 50.2 Å². The number of aryl methyl sites for hydroxylation is 1. The molecular formula is C18H12FN3O3S. The van der Waals surface area contributed by atoms with Crippen LogP contribution >= 0.6 is 11.3 Å². The van der Waals surface area contributed by atoms with Gasteiger partial charge in [-0.1, -0.05) is 29.0 Å². The molecule has 0 radical (unpaired) electrons. The molecule has 1 aliphatic rings. The Morgan fingerprint density at radius 3 is 2.42 bits per heavy atom. The summed E-state index contributed by atoms with van der Waals surface area (Å²) in [7, 11) is 0. The number of nitrogens with zero attached hydrogens (tertiary/aromatic N) is 3. The van der Waals surface area contributed by atoms with Gasteiger partial charge in [-0.2, -0.15) is 0 Å². The lowest BCUT2D eigenvalue weighted by atomic mass is 10.2. The molecule has 3 aromatic rings. The number of hydrogen-bond donors (Lipinski definition) is 0. The Morgan fingerprint density at radius 1 is 1.00 bits per heavy atom. The molecule has 1 saturated heterocycles. The van der Waals surface area contributed by atoms with Crippen LogP contribution in [0.4, 0.5) is 20.0 Å². The number of imide groups is 2. The molecule has 4 amide bonds. The minimum Gasteiger partial charge on any atom is -0.273 e. The van der Waals surface area contributed by atoms with Crippen LogP contribution < -0.4 is 9.80 Å². The maximum absolute atomic E-state index is 13.4. The quantitative estimate of drug-likeness (QED) is 0.647. The molecule has 1 aromatic heterocycles. The molecule has 4 rings (SSSR count). The van der Waals surface area contributed by atoms with Crippen molar-refractivity contribution < 1.29 is 18.8 Å². The Kier molecular flexibility index (Phi) is 3.77. The van der Waals surface area contributed by atoms with Gasteiger partial charge in [-0.15, -0.1) is 0 Å². The molecule has 2 aromatic carbocycles. The standard InChI is InChI=1S/C18H12FN3O3S/c1-10-2-5-12(6-3-10)21-15(23)9-16(24)22(18(21)25)17-20-13-7-4-11(19)8-14(13)26-17/h2-8H,9H2,1H3. The average molecular weight is 369 g/mol. The minimum atomic E-state index is -0.783. The van der Waals surface area contributed by atoms with Crippen molar-refractivity contribution in [2.45, 2.75) is 13.3 Å². The number of barbiturate groups is 1. The molecule has 8 heteroatoms. The Labute approximate surface area is 151 Å². The fourth-order valence-corrected chi connectivity index (χ4v) is 3.72. The lowest BCUT2D eigenvalue weighted by Crippen LogP contribution is -2.55. The van der Waals surface area contributed by atoms with E-state index in [1.165, 1.54) is 18.2 Å². The molecule has 0 N–H and O–H groups in total. The monoisotopic (exact) mass is 369 g/mol. The first-order chi connectivity index (χ1) is 12.4. The van der Waals surface area contributed by atoms with Crippen molar-refractivity contribution in [3.05, 3.63) is 53.8 Å². The van der Waals surface area contributed by atoms with E-state index in [4.69, 9.17) is 0 Å². The highest BCUT2D eigenvalue weighted by Crippen LogP contribution is 2.33. The number of carbonyl (C=O) groups is 3. The van der Waals surface area contributed by atoms with E-state index in [2.05, 4.69) is 4.98 Å². The van der Waals surface area contributed by atoms with E-state index < -0.39 is 30.1 Å². The molecule has 0 spiro atoms. The fraction of sp³-hybridized carbons (Fsp3) is 0.111. The van der Waals surface area contributed by atoms with Crippen LogP contribution in [-0.4, -0.2) is 22.8 Å². The van der Waals surface area contributed by atoms with Gasteiger partial charge in [0.2, 0.25) is 16.9 Å². The summed E-state index contributed by atoms with van der Waals surface area (Å²) in [5.41, 5.74) is 1.84. The molecule has 0 bridgehead atoms. The second kappa shape index (κ2) is 5.99. The van der Waals surface area contributed by atoms with E-state index in [1.54, 1.807) is 24.3 Å². The van der Waals surface area contributed by atoms with Gasteiger partial charge < -0.3 is 0 Å². The highest BCUT2D eigenvalue weighted by molar-refractivity contribution is 7.22. The van der Waals surface area contributed by atoms with Crippen LogP contribution in [0.25, 0.3) is 10.2 Å². The van der Waals surface area contributed by atoms with Gasteiger partial charge in [-0.3, -0.25) is 9.59 Å². The van der Waals surface area contributed by atoms with Crippen LogP contribution in [0.3, 0.4) is 0 Å². The zero-order chi connectivity index (χ0) is 18.4. The van der Waals surface area contributed by atoms with Gasteiger partial charge in [0.25, 0.3) is 0 Å². The fourth-order valence-electron chi connectivity index (χ4n) is 2.72. The lowest BCUT2D eigenvalue weighted by Gasteiger charge is -2.31. The normalized spacial score (nSPS) is 15.2. The Bertz CT molecular complexity index is 1060. The summed E-state index contributed by atoms with van der Waals surface area (Å²) in [6.45, 7) is 1.89. The van der Waals surface area contributed by atoms with E-state index in [1.807, 2.05) is 6.92 Å². The SMILES string of the molecule is Cc1ccc(N2C(=O)CC(=O)N(c3nc4ccc(F)cc4s3)C2=O)cc1. The lowest BCUT2D eigenvalue weighted by molar-refractivity contribution is -0.126. The predicted octanol–water partition coefficient (Wildman–Crippen LogP) is 3.63. The van der Waals surface area contributed by atoms with Crippen LogP contribution in [0.15, 0.2) is 42.5 Å². The third-order valence-corrected chi connectivity index (χ3v) is 5.01. The van der Waals surface area contributed by atoms with E-state index in [9.17, 15) is 18.8 Å². The van der Waals surface area contributed by atoms with Gasteiger partial charge >= 0.3 is 6.03 Å². The van der Waals surface area contributed by atoms with Crippen molar-refractivity contribution in [2.75, 3.05) is 9.80 Å². The third kappa shape index (κ3) is 2.64. The van der Waals surface area contributed by atoms with Gasteiger partial charge in [0.1, 0.15) is 12.2 Å². The zero-order valence-electron chi connectivity index (χ0n) is 13.6. The topological polar surface area (TPSA) is 70.6 Å². The number of aromatic nitrogens is 1. The van der Waals surface area contributed by atoms with Crippen molar-refractivity contribution in [2.24, 2.45) is 0 Å². The van der Waals surface area contributed by atoms with Gasteiger partial charge in [-0.05, 0) is 37.3 Å².